The van der Waals surface area contributed by atoms with Crippen LogP contribution in [0.25, 0.3) is 0 Å². The van der Waals surface area contributed by atoms with Gasteiger partial charge in [-0.25, -0.2) is 4.39 Å². The molecule has 0 saturated heterocycles. The van der Waals surface area contributed by atoms with E-state index in [-0.39, 0.29) is 18.0 Å². The molecular weight excluding hydrogens is 401 g/mol. The maximum atomic E-state index is 13.4. The first kappa shape index (κ1) is 15.0. The number of nitrogens with one attached hydrogen (secondary N) is 1. The largest absolute Gasteiger partial charge is 0.485 e. The standard InChI is InChI=1S/C16H14Br2FNO/c1-20-14-8-16(9-2-4-13(19)12(18)6-9)21-15-5-3-10(17)7-11(14)15/h2-7,14,16,20H,8H2,1H3. The van der Waals surface area contributed by atoms with Gasteiger partial charge in [0.15, 0.2) is 0 Å². The van der Waals surface area contributed by atoms with Crippen LogP contribution < -0.4 is 10.1 Å². The summed E-state index contributed by atoms with van der Waals surface area (Å²) in [5.41, 5.74) is 2.11. The zero-order chi connectivity index (χ0) is 15.0. The Labute approximate surface area is 140 Å². The first-order valence-electron chi connectivity index (χ1n) is 6.67. The highest BCUT2D eigenvalue weighted by atomic mass is 79.9. The lowest BCUT2D eigenvalue weighted by molar-refractivity contribution is 0.153. The van der Waals surface area contributed by atoms with Gasteiger partial charge < -0.3 is 10.1 Å². The lowest BCUT2D eigenvalue weighted by atomic mass is 9.93. The molecule has 1 aliphatic heterocycles. The third kappa shape index (κ3) is 3.00. The first-order valence-corrected chi connectivity index (χ1v) is 8.25. The first-order chi connectivity index (χ1) is 10.1. The minimum Gasteiger partial charge on any atom is -0.485 e. The van der Waals surface area contributed by atoms with E-state index in [1.165, 1.54) is 6.07 Å². The van der Waals surface area contributed by atoms with Crippen LogP contribution in [0.2, 0.25) is 0 Å². The van der Waals surface area contributed by atoms with E-state index in [4.69, 9.17) is 4.74 Å². The number of ether oxygens (including phenoxy) is 1. The van der Waals surface area contributed by atoms with Gasteiger partial charge in [-0.15, -0.1) is 0 Å². The van der Waals surface area contributed by atoms with Crippen molar-refractivity contribution in [2.24, 2.45) is 0 Å². The highest BCUT2D eigenvalue weighted by Crippen LogP contribution is 2.42. The highest BCUT2D eigenvalue weighted by Gasteiger charge is 2.28. The molecule has 0 bridgehead atoms. The molecule has 1 heterocycles. The fourth-order valence-electron chi connectivity index (χ4n) is 2.63. The van der Waals surface area contributed by atoms with Crippen molar-refractivity contribution >= 4 is 31.9 Å². The average molecular weight is 415 g/mol. The van der Waals surface area contributed by atoms with Crippen molar-refractivity contribution < 1.29 is 9.13 Å². The normalized spacial score (nSPS) is 20.8. The van der Waals surface area contributed by atoms with Gasteiger partial charge in [-0.1, -0.05) is 22.0 Å². The number of rotatable bonds is 2. The van der Waals surface area contributed by atoms with E-state index in [1.807, 2.05) is 19.2 Å². The van der Waals surface area contributed by atoms with Crippen LogP contribution >= 0.6 is 31.9 Å². The molecule has 0 amide bonds. The Kier molecular flexibility index (Phi) is 4.33. The van der Waals surface area contributed by atoms with Crippen molar-refractivity contribution in [2.75, 3.05) is 7.05 Å². The van der Waals surface area contributed by atoms with E-state index in [9.17, 15) is 4.39 Å². The van der Waals surface area contributed by atoms with Gasteiger partial charge in [0.05, 0.1) is 4.47 Å². The number of fused-ring (bicyclic) bond motifs is 1. The third-order valence-electron chi connectivity index (χ3n) is 3.73. The van der Waals surface area contributed by atoms with Gasteiger partial charge in [0.2, 0.25) is 0 Å². The van der Waals surface area contributed by atoms with E-state index in [2.05, 4.69) is 43.2 Å². The lowest BCUT2D eigenvalue weighted by Crippen LogP contribution is -2.26. The van der Waals surface area contributed by atoms with Crippen molar-refractivity contribution in [3.8, 4) is 5.75 Å². The van der Waals surface area contributed by atoms with Gasteiger partial charge in [0.25, 0.3) is 0 Å². The molecule has 1 N–H and O–H groups in total. The Balaban J connectivity index is 1.96. The second-order valence-corrected chi connectivity index (χ2v) is 6.81. The van der Waals surface area contributed by atoms with Gasteiger partial charge in [0, 0.05) is 22.5 Å². The molecule has 0 aliphatic carbocycles. The van der Waals surface area contributed by atoms with Crippen LogP contribution in [0, 0.1) is 5.82 Å². The predicted molar refractivity (Wildman–Crippen MR) is 88.0 cm³/mol. The summed E-state index contributed by atoms with van der Waals surface area (Å²) in [5.74, 6) is 0.610. The minimum absolute atomic E-state index is 0.0898. The topological polar surface area (TPSA) is 21.3 Å². The molecule has 3 rings (SSSR count). The fraction of sp³-hybridized carbons (Fsp3) is 0.250. The summed E-state index contributed by atoms with van der Waals surface area (Å²) in [6.07, 6.45) is 0.714. The molecule has 2 aromatic rings. The van der Waals surface area contributed by atoms with E-state index in [0.29, 0.717) is 4.47 Å². The molecule has 21 heavy (non-hydrogen) atoms. The third-order valence-corrected chi connectivity index (χ3v) is 4.83. The molecule has 0 spiro atoms. The summed E-state index contributed by atoms with van der Waals surface area (Å²) < 4.78 is 21.0. The highest BCUT2D eigenvalue weighted by molar-refractivity contribution is 9.10. The van der Waals surface area contributed by atoms with Crippen LogP contribution in [-0.2, 0) is 0 Å². The number of hydrogen-bond acceptors (Lipinski definition) is 2. The van der Waals surface area contributed by atoms with Crippen molar-refractivity contribution in [2.45, 2.75) is 18.6 Å². The van der Waals surface area contributed by atoms with Crippen LogP contribution in [0.5, 0.6) is 5.75 Å². The van der Waals surface area contributed by atoms with Crippen molar-refractivity contribution in [1.29, 1.82) is 0 Å². The van der Waals surface area contributed by atoms with E-state index < -0.39 is 0 Å². The average Bonchev–Trinajstić information content (AvgIpc) is 2.49. The van der Waals surface area contributed by atoms with Gasteiger partial charge >= 0.3 is 0 Å². The Morgan fingerprint density at radius 1 is 1.19 bits per heavy atom. The summed E-state index contributed by atoms with van der Waals surface area (Å²) in [6.45, 7) is 0. The Bertz CT molecular complexity index is 677. The van der Waals surface area contributed by atoms with Crippen LogP contribution in [0.1, 0.15) is 29.7 Å². The van der Waals surface area contributed by atoms with E-state index in [1.54, 1.807) is 12.1 Å². The molecule has 5 heteroatoms. The van der Waals surface area contributed by atoms with Crippen LogP contribution in [0.3, 0.4) is 0 Å². The molecule has 0 fully saturated rings. The van der Waals surface area contributed by atoms with Gasteiger partial charge in [-0.05, 0) is 58.9 Å². The number of halogens is 3. The van der Waals surface area contributed by atoms with Gasteiger partial charge in [-0.3, -0.25) is 0 Å². The smallest absolute Gasteiger partial charge is 0.137 e. The second kappa shape index (κ2) is 6.07. The molecule has 2 unspecified atom stereocenters. The fourth-order valence-corrected chi connectivity index (χ4v) is 3.41. The summed E-state index contributed by atoms with van der Waals surface area (Å²) in [6, 6.07) is 11.3. The SMILES string of the molecule is CNC1CC(c2ccc(F)c(Br)c2)Oc2ccc(Br)cc21. The summed E-state index contributed by atoms with van der Waals surface area (Å²) in [4.78, 5) is 0. The summed E-state index contributed by atoms with van der Waals surface area (Å²) in [7, 11) is 1.94. The molecule has 0 saturated carbocycles. The number of benzene rings is 2. The van der Waals surface area contributed by atoms with Crippen LogP contribution in [-0.4, -0.2) is 7.05 Å². The number of hydrogen-bond donors (Lipinski definition) is 1. The minimum atomic E-state index is -0.260. The van der Waals surface area contributed by atoms with Crippen molar-refractivity contribution in [1.82, 2.24) is 5.32 Å². The molecule has 110 valence electrons. The van der Waals surface area contributed by atoms with E-state index >= 15 is 0 Å². The zero-order valence-electron chi connectivity index (χ0n) is 11.4. The van der Waals surface area contributed by atoms with Gasteiger partial charge in [0.1, 0.15) is 17.7 Å². The summed E-state index contributed by atoms with van der Waals surface area (Å²) >= 11 is 6.73. The van der Waals surface area contributed by atoms with E-state index in [0.717, 1.165) is 27.8 Å². The predicted octanol–water partition coefficient (Wildman–Crippen LogP) is 5.14. The van der Waals surface area contributed by atoms with Crippen molar-refractivity contribution in [3.05, 3.63) is 62.3 Å². The van der Waals surface area contributed by atoms with Crippen LogP contribution in [0.15, 0.2) is 45.3 Å². The van der Waals surface area contributed by atoms with Crippen LogP contribution in [0.4, 0.5) is 4.39 Å². The Morgan fingerprint density at radius 3 is 2.71 bits per heavy atom. The summed E-state index contributed by atoms with van der Waals surface area (Å²) in [5, 5.41) is 3.33. The molecule has 2 nitrogen and oxygen atoms in total. The Morgan fingerprint density at radius 2 is 2.00 bits per heavy atom. The maximum absolute atomic E-state index is 13.4. The molecule has 0 aromatic heterocycles. The zero-order valence-corrected chi connectivity index (χ0v) is 14.5. The van der Waals surface area contributed by atoms with Gasteiger partial charge in [-0.2, -0.15) is 0 Å². The monoisotopic (exact) mass is 413 g/mol. The molecule has 2 atom stereocenters. The Hall–Kier alpha value is -0.910. The second-order valence-electron chi connectivity index (χ2n) is 5.04. The quantitative estimate of drug-likeness (QED) is 0.734. The maximum Gasteiger partial charge on any atom is 0.137 e. The molecule has 0 radical (unpaired) electrons. The lowest BCUT2D eigenvalue weighted by Gasteiger charge is -2.32. The molecule has 2 aromatic carbocycles. The molecule has 1 aliphatic rings. The molecular formula is C16H14Br2FNO. The van der Waals surface area contributed by atoms with Crippen molar-refractivity contribution in [3.63, 3.8) is 0 Å².